The summed E-state index contributed by atoms with van der Waals surface area (Å²) in [6.07, 6.45) is 0. The molecule has 0 unspecified atom stereocenters. The maximum atomic E-state index is 12.7. The first-order valence-corrected chi connectivity index (χ1v) is 12.8. The predicted molar refractivity (Wildman–Crippen MR) is 133 cm³/mol. The number of rotatable bonds is 6. The second-order valence-corrected chi connectivity index (χ2v) is 10.4. The molecule has 2 amide bonds. The molecule has 0 bridgehead atoms. The van der Waals surface area contributed by atoms with Gasteiger partial charge in [-0.3, -0.25) is 9.59 Å². The highest BCUT2D eigenvalue weighted by molar-refractivity contribution is 7.92. The van der Waals surface area contributed by atoms with Crippen LogP contribution in [0.4, 0.5) is 11.4 Å². The third kappa shape index (κ3) is 5.76. The van der Waals surface area contributed by atoms with Gasteiger partial charge in [0.05, 0.1) is 4.90 Å². The molecule has 0 aromatic heterocycles. The maximum Gasteiger partial charge on any atom is 0.253 e. The van der Waals surface area contributed by atoms with E-state index in [1.165, 1.54) is 12.1 Å². The van der Waals surface area contributed by atoms with Crippen LogP contribution in [0.5, 0.6) is 0 Å². The molecule has 1 heterocycles. The molecule has 0 aliphatic carbocycles. The molecule has 1 saturated heterocycles. The first-order chi connectivity index (χ1) is 16.3. The molecule has 0 saturated carbocycles. The van der Waals surface area contributed by atoms with Gasteiger partial charge in [0, 0.05) is 48.1 Å². The van der Waals surface area contributed by atoms with Crippen molar-refractivity contribution in [2.24, 2.45) is 0 Å². The molecule has 0 atom stereocenters. The summed E-state index contributed by atoms with van der Waals surface area (Å²) in [6.45, 7) is 2.55. The molecule has 1 aliphatic rings. The van der Waals surface area contributed by atoms with Crippen LogP contribution in [-0.2, 0) is 14.6 Å². The summed E-state index contributed by atoms with van der Waals surface area (Å²) in [7, 11) is -3.70. The van der Waals surface area contributed by atoms with E-state index < -0.39 is 21.5 Å². The van der Waals surface area contributed by atoms with Crippen LogP contribution in [-0.4, -0.2) is 57.1 Å². The predicted octanol–water partition coefficient (Wildman–Crippen LogP) is 3.71. The number of amides is 2. The molecule has 3 aromatic carbocycles. The minimum atomic E-state index is -3.70. The molecule has 4 rings (SSSR count). The fraction of sp³-hybridized carbons (Fsp3) is 0.200. The van der Waals surface area contributed by atoms with Crippen LogP contribution in [0.1, 0.15) is 10.4 Å². The van der Waals surface area contributed by atoms with E-state index in [2.05, 4.69) is 10.2 Å². The third-order valence-electron chi connectivity index (χ3n) is 5.60. The zero-order chi connectivity index (χ0) is 24.1. The number of halogens is 1. The first kappa shape index (κ1) is 23.8. The van der Waals surface area contributed by atoms with Crippen molar-refractivity contribution in [3.8, 4) is 0 Å². The second-order valence-electron chi connectivity index (χ2n) is 7.95. The van der Waals surface area contributed by atoms with E-state index in [4.69, 9.17) is 11.6 Å². The first-order valence-electron chi connectivity index (χ1n) is 10.8. The highest BCUT2D eigenvalue weighted by Crippen LogP contribution is 2.21. The molecule has 1 N–H and O–H groups in total. The summed E-state index contributed by atoms with van der Waals surface area (Å²) in [4.78, 5) is 29.1. The van der Waals surface area contributed by atoms with Crippen molar-refractivity contribution >= 4 is 44.6 Å². The van der Waals surface area contributed by atoms with Gasteiger partial charge in [-0.1, -0.05) is 29.8 Å². The van der Waals surface area contributed by atoms with Crippen molar-refractivity contribution < 1.29 is 18.0 Å². The molecule has 0 radical (unpaired) electrons. The maximum absolute atomic E-state index is 12.7. The Labute approximate surface area is 203 Å². The number of nitrogens with zero attached hydrogens (tertiary/aromatic N) is 2. The Morgan fingerprint density at radius 3 is 2.06 bits per heavy atom. The van der Waals surface area contributed by atoms with Gasteiger partial charge in [-0.2, -0.15) is 0 Å². The molecule has 176 valence electrons. The number of benzene rings is 3. The van der Waals surface area contributed by atoms with E-state index in [9.17, 15) is 18.0 Å². The summed E-state index contributed by atoms with van der Waals surface area (Å²) in [5, 5.41) is 3.24. The van der Waals surface area contributed by atoms with Crippen LogP contribution in [0.3, 0.4) is 0 Å². The van der Waals surface area contributed by atoms with Crippen LogP contribution < -0.4 is 10.2 Å². The Morgan fingerprint density at radius 2 is 1.44 bits per heavy atom. The number of nitrogens with one attached hydrogen (secondary N) is 1. The lowest BCUT2D eigenvalue weighted by atomic mass is 10.1. The van der Waals surface area contributed by atoms with Crippen LogP contribution >= 0.6 is 11.6 Å². The van der Waals surface area contributed by atoms with Crippen molar-refractivity contribution in [2.45, 2.75) is 4.90 Å². The van der Waals surface area contributed by atoms with Crippen molar-refractivity contribution in [3.63, 3.8) is 0 Å². The van der Waals surface area contributed by atoms with E-state index >= 15 is 0 Å². The van der Waals surface area contributed by atoms with Crippen molar-refractivity contribution in [3.05, 3.63) is 89.4 Å². The fourth-order valence-corrected chi connectivity index (χ4v) is 5.06. The summed E-state index contributed by atoms with van der Waals surface area (Å²) in [6, 6.07) is 22.0. The number of hydrogen-bond acceptors (Lipinski definition) is 5. The van der Waals surface area contributed by atoms with Gasteiger partial charge in [0.1, 0.15) is 5.75 Å². The lowest BCUT2D eigenvalue weighted by molar-refractivity contribution is -0.113. The molecule has 9 heteroatoms. The second kappa shape index (κ2) is 10.3. The van der Waals surface area contributed by atoms with E-state index in [-0.39, 0.29) is 10.8 Å². The zero-order valence-electron chi connectivity index (χ0n) is 18.4. The van der Waals surface area contributed by atoms with Crippen LogP contribution in [0, 0.1) is 0 Å². The lowest BCUT2D eigenvalue weighted by Crippen LogP contribution is -2.48. The number of carbonyl (C=O) groups excluding carboxylic acids is 2. The highest BCUT2D eigenvalue weighted by Gasteiger charge is 2.23. The van der Waals surface area contributed by atoms with Crippen molar-refractivity contribution in [2.75, 3.05) is 42.1 Å². The van der Waals surface area contributed by atoms with Crippen molar-refractivity contribution in [1.82, 2.24) is 4.90 Å². The van der Waals surface area contributed by atoms with Gasteiger partial charge in [0.2, 0.25) is 5.91 Å². The largest absolute Gasteiger partial charge is 0.368 e. The molecule has 7 nitrogen and oxygen atoms in total. The Kier molecular flexibility index (Phi) is 7.19. The monoisotopic (exact) mass is 497 g/mol. The summed E-state index contributed by atoms with van der Waals surface area (Å²) in [5.74, 6) is -1.23. The van der Waals surface area contributed by atoms with E-state index in [0.717, 1.165) is 5.69 Å². The van der Waals surface area contributed by atoms with Crippen LogP contribution in [0.25, 0.3) is 0 Å². The average molecular weight is 498 g/mol. The van der Waals surface area contributed by atoms with Crippen LogP contribution in [0.15, 0.2) is 83.8 Å². The zero-order valence-corrected chi connectivity index (χ0v) is 19.9. The van der Waals surface area contributed by atoms with Gasteiger partial charge >= 0.3 is 0 Å². The Hall–Kier alpha value is -3.36. The standard InChI is InChI=1S/C25H24ClN3O4S/c26-20-8-6-19(7-9-20)25(31)29-16-14-28(15-17-29)22-12-10-21(11-13-22)27-24(30)18-34(32,33)23-4-2-1-3-5-23/h1-13H,14-18H2,(H,27,30). The molecule has 1 aliphatic heterocycles. The third-order valence-corrected chi connectivity index (χ3v) is 7.48. The minimum absolute atomic E-state index is 0.0140. The highest BCUT2D eigenvalue weighted by atomic mass is 35.5. The van der Waals surface area contributed by atoms with Gasteiger partial charge in [0.25, 0.3) is 5.91 Å². The normalized spacial score (nSPS) is 14.0. The van der Waals surface area contributed by atoms with Gasteiger partial charge < -0.3 is 15.1 Å². The topological polar surface area (TPSA) is 86.8 Å². The molecule has 1 fully saturated rings. The van der Waals surface area contributed by atoms with E-state index in [0.29, 0.717) is 42.5 Å². The number of carbonyl (C=O) groups is 2. The summed E-state index contributed by atoms with van der Waals surface area (Å²) in [5.41, 5.74) is 2.11. The van der Waals surface area contributed by atoms with E-state index in [1.54, 1.807) is 54.6 Å². The molecular weight excluding hydrogens is 474 g/mol. The van der Waals surface area contributed by atoms with Gasteiger partial charge in [0.15, 0.2) is 9.84 Å². The van der Waals surface area contributed by atoms with Gasteiger partial charge in [-0.05, 0) is 60.7 Å². The smallest absolute Gasteiger partial charge is 0.253 e. The van der Waals surface area contributed by atoms with Gasteiger partial charge in [-0.15, -0.1) is 0 Å². The number of sulfone groups is 1. The van der Waals surface area contributed by atoms with Gasteiger partial charge in [-0.25, -0.2) is 8.42 Å². The minimum Gasteiger partial charge on any atom is -0.368 e. The van der Waals surface area contributed by atoms with Crippen molar-refractivity contribution in [1.29, 1.82) is 0 Å². The Morgan fingerprint density at radius 1 is 0.824 bits per heavy atom. The summed E-state index contributed by atoms with van der Waals surface area (Å²) >= 11 is 5.90. The average Bonchev–Trinajstić information content (AvgIpc) is 2.85. The molecular formula is C25H24ClN3O4S. The number of hydrogen-bond donors (Lipinski definition) is 1. The van der Waals surface area contributed by atoms with E-state index in [1.807, 2.05) is 17.0 Å². The lowest BCUT2D eigenvalue weighted by Gasteiger charge is -2.36. The van der Waals surface area contributed by atoms with Crippen LogP contribution in [0.2, 0.25) is 5.02 Å². The fourth-order valence-electron chi connectivity index (χ4n) is 3.78. The number of piperazine rings is 1. The molecule has 34 heavy (non-hydrogen) atoms. The Balaban J connectivity index is 1.30. The summed E-state index contributed by atoms with van der Waals surface area (Å²) < 4.78 is 24.7. The quantitative estimate of drug-likeness (QED) is 0.561. The molecule has 0 spiro atoms. The molecule has 3 aromatic rings. The SMILES string of the molecule is O=C(CS(=O)(=O)c1ccccc1)Nc1ccc(N2CCN(C(=O)c3ccc(Cl)cc3)CC2)cc1. The Bertz CT molecular complexity index is 1260. The number of anilines is 2.